The third-order valence-electron chi connectivity index (χ3n) is 4.84. The zero-order chi connectivity index (χ0) is 13.0. The lowest BCUT2D eigenvalue weighted by atomic mass is 9.79. The smallest absolute Gasteiger partial charge is 0.306 e. The highest BCUT2D eigenvalue weighted by Crippen LogP contribution is 2.32. The van der Waals surface area contributed by atoms with Crippen molar-refractivity contribution in [2.24, 2.45) is 23.7 Å². The lowest BCUT2D eigenvalue weighted by molar-refractivity contribution is -0.142. The van der Waals surface area contributed by atoms with Crippen molar-refractivity contribution in [3.05, 3.63) is 12.2 Å². The first-order chi connectivity index (χ1) is 8.65. The molecule has 1 N–H and O–H groups in total. The molecule has 0 saturated heterocycles. The molecule has 0 bridgehead atoms. The number of hydrogen-bond acceptors (Lipinski definition) is 1. The Balaban J connectivity index is 1.72. The van der Waals surface area contributed by atoms with Crippen molar-refractivity contribution in [3.63, 3.8) is 0 Å². The highest BCUT2D eigenvalue weighted by atomic mass is 16.4. The van der Waals surface area contributed by atoms with Gasteiger partial charge in [0.05, 0.1) is 5.92 Å². The second kappa shape index (κ2) is 6.40. The van der Waals surface area contributed by atoms with Crippen LogP contribution in [-0.4, -0.2) is 11.1 Å². The predicted octanol–water partition coefficient (Wildman–Crippen LogP) is 4.26. The number of aliphatic carboxylic acids is 1. The van der Waals surface area contributed by atoms with Crippen LogP contribution in [0.3, 0.4) is 0 Å². The number of hydrogen-bond donors (Lipinski definition) is 1. The highest BCUT2D eigenvalue weighted by molar-refractivity contribution is 5.70. The van der Waals surface area contributed by atoms with E-state index >= 15 is 0 Å². The summed E-state index contributed by atoms with van der Waals surface area (Å²) in [5.74, 6) is 1.67. The molecular formula is C16H26O2. The van der Waals surface area contributed by atoms with Crippen LogP contribution in [-0.2, 0) is 4.79 Å². The lowest BCUT2D eigenvalue weighted by Gasteiger charge is -2.26. The van der Waals surface area contributed by atoms with Crippen LogP contribution in [0.25, 0.3) is 0 Å². The van der Waals surface area contributed by atoms with Crippen LogP contribution in [0.5, 0.6) is 0 Å². The molecule has 0 aromatic carbocycles. The van der Waals surface area contributed by atoms with Crippen LogP contribution < -0.4 is 0 Å². The first kappa shape index (κ1) is 13.6. The van der Waals surface area contributed by atoms with E-state index in [1.165, 1.54) is 25.7 Å². The Kier molecular flexibility index (Phi) is 4.85. The van der Waals surface area contributed by atoms with Crippen LogP contribution in [0.2, 0.25) is 0 Å². The average Bonchev–Trinajstić information content (AvgIpc) is 2.38. The second-order valence-corrected chi connectivity index (χ2v) is 6.35. The minimum atomic E-state index is -0.598. The van der Waals surface area contributed by atoms with E-state index in [2.05, 4.69) is 19.1 Å². The number of rotatable bonds is 3. The van der Waals surface area contributed by atoms with E-state index in [4.69, 9.17) is 5.11 Å². The van der Waals surface area contributed by atoms with E-state index in [9.17, 15) is 4.79 Å². The molecule has 0 amide bonds. The first-order valence-corrected chi connectivity index (χ1v) is 7.56. The first-order valence-electron chi connectivity index (χ1n) is 7.56. The zero-order valence-corrected chi connectivity index (χ0v) is 11.5. The van der Waals surface area contributed by atoms with Crippen molar-refractivity contribution in [1.82, 2.24) is 0 Å². The standard InChI is InChI=1S/C16H26O2/c1-12-2-4-13(5-3-12)6-7-14-8-10-15(11-9-14)16(17)18/h6-7,12-15H,2-5,8-11H2,1H3,(H,17,18)/b7-6+. The van der Waals surface area contributed by atoms with Crippen LogP contribution in [0, 0.1) is 23.7 Å². The van der Waals surface area contributed by atoms with Gasteiger partial charge in [0, 0.05) is 0 Å². The van der Waals surface area contributed by atoms with Crippen molar-refractivity contribution < 1.29 is 9.90 Å². The minimum Gasteiger partial charge on any atom is -0.481 e. The van der Waals surface area contributed by atoms with Crippen LogP contribution in [0.15, 0.2) is 12.2 Å². The Hall–Kier alpha value is -0.790. The maximum Gasteiger partial charge on any atom is 0.306 e. The molecule has 2 aliphatic carbocycles. The van der Waals surface area contributed by atoms with E-state index in [1.807, 2.05) is 0 Å². The van der Waals surface area contributed by atoms with Crippen molar-refractivity contribution >= 4 is 5.97 Å². The largest absolute Gasteiger partial charge is 0.481 e. The van der Waals surface area contributed by atoms with Gasteiger partial charge < -0.3 is 5.11 Å². The van der Waals surface area contributed by atoms with Gasteiger partial charge in [-0.1, -0.05) is 31.9 Å². The number of allylic oxidation sites excluding steroid dienone is 2. The third kappa shape index (κ3) is 3.86. The highest BCUT2D eigenvalue weighted by Gasteiger charge is 2.24. The summed E-state index contributed by atoms with van der Waals surface area (Å²) >= 11 is 0. The summed E-state index contributed by atoms with van der Waals surface area (Å²) in [4.78, 5) is 10.9. The Bertz CT molecular complexity index is 292. The SMILES string of the molecule is CC1CCC(/C=C/C2CCC(C(=O)O)CC2)CC1. The predicted molar refractivity (Wildman–Crippen MR) is 73.3 cm³/mol. The van der Waals surface area contributed by atoms with Crippen LogP contribution in [0.1, 0.15) is 58.3 Å². The van der Waals surface area contributed by atoms with Gasteiger partial charge in [0.25, 0.3) is 0 Å². The van der Waals surface area contributed by atoms with Gasteiger partial charge in [-0.3, -0.25) is 4.79 Å². The molecule has 2 saturated carbocycles. The molecule has 2 heteroatoms. The van der Waals surface area contributed by atoms with Gasteiger partial charge in [0.15, 0.2) is 0 Å². The number of carbonyl (C=O) groups is 1. The zero-order valence-electron chi connectivity index (χ0n) is 11.5. The normalized spacial score (nSPS) is 37.8. The van der Waals surface area contributed by atoms with Gasteiger partial charge in [-0.25, -0.2) is 0 Å². The van der Waals surface area contributed by atoms with E-state index < -0.39 is 5.97 Å². The average molecular weight is 250 g/mol. The monoisotopic (exact) mass is 250 g/mol. The molecule has 0 aliphatic heterocycles. The topological polar surface area (TPSA) is 37.3 Å². The molecule has 2 fully saturated rings. The molecule has 0 aromatic heterocycles. The molecule has 0 radical (unpaired) electrons. The van der Waals surface area contributed by atoms with Crippen molar-refractivity contribution in [2.45, 2.75) is 58.3 Å². The Morgan fingerprint density at radius 2 is 1.33 bits per heavy atom. The van der Waals surface area contributed by atoms with Crippen molar-refractivity contribution in [3.8, 4) is 0 Å². The van der Waals surface area contributed by atoms with Crippen LogP contribution in [0.4, 0.5) is 0 Å². The summed E-state index contributed by atoms with van der Waals surface area (Å²) in [7, 11) is 0. The van der Waals surface area contributed by atoms with Gasteiger partial charge >= 0.3 is 5.97 Å². The fourth-order valence-electron chi connectivity index (χ4n) is 3.35. The summed E-state index contributed by atoms with van der Waals surface area (Å²) in [6.45, 7) is 2.35. The van der Waals surface area contributed by atoms with E-state index in [1.54, 1.807) is 0 Å². The molecule has 2 aliphatic rings. The molecule has 2 rings (SSSR count). The van der Waals surface area contributed by atoms with Gasteiger partial charge in [-0.2, -0.15) is 0 Å². The molecule has 0 heterocycles. The van der Waals surface area contributed by atoms with Crippen molar-refractivity contribution in [1.29, 1.82) is 0 Å². The molecule has 2 nitrogen and oxygen atoms in total. The summed E-state index contributed by atoms with van der Waals surface area (Å²) in [5.41, 5.74) is 0. The fraction of sp³-hybridized carbons (Fsp3) is 0.812. The Morgan fingerprint density at radius 3 is 1.78 bits per heavy atom. The van der Waals surface area contributed by atoms with E-state index in [-0.39, 0.29) is 5.92 Å². The molecule has 0 unspecified atom stereocenters. The molecule has 18 heavy (non-hydrogen) atoms. The van der Waals surface area contributed by atoms with Gasteiger partial charge in [0.1, 0.15) is 0 Å². The molecular weight excluding hydrogens is 224 g/mol. The van der Waals surface area contributed by atoms with Gasteiger partial charge in [-0.15, -0.1) is 0 Å². The number of carboxylic acids is 1. The summed E-state index contributed by atoms with van der Waals surface area (Å²) < 4.78 is 0. The van der Waals surface area contributed by atoms with Gasteiger partial charge in [0.2, 0.25) is 0 Å². The Morgan fingerprint density at radius 1 is 0.889 bits per heavy atom. The summed E-state index contributed by atoms with van der Waals surface area (Å²) in [6.07, 6.45) is 14.1. The maximum atomic E-state index is 10.9. The van der Waals surface area contributed by atoms with Crippen LogP contribution >= 0.6 is 0 Å². The summed E-state index contributed by atoms with van der Waals surface area (Å²) in [5, 5.41) is 8.97. The van der Waals surface area contributed by atoms with Crippen molar-refractivity contribution in [2.75, 3.05) is 0 Å². The number of carboxylic acid groups (broad SMARTS) is 1. The van der Waals surface area contributed by atoms with Gasteiger partial charge in [-0.05, 0) is 56.3 Å². The molecule has 0 aromatic rings. The Labute approximate surface area is 110 Å². The second-order valence-electron chi connectivity index (χ2n) is 6.35. The van der Waals surface area contributed by atoms with E-state index in [0.29, 0.717) is 5.92 Å². The lowest BCUT2D eigenvalue weighted by Crippen LogP contribution is -2.20. The minimum absolute atomic E-state index is 0.0785. The fourth-order valence-corrected chi connectivity index (χ4v) is 3.35. The molecule has 0 atom stereocenters. The third-order valence-corrected chi connectivity index (χ3v) is 4.84. The molecule has 102 valence electrons. The maximum absolute atomic E-state index is 10.9. The molecule has 0 spiro atoms. The van der Waals surface area contributed by atoms with E-state index in [0.717, 1.165) is 37.5 Å². The quantitative estimate of drug-likeness (QED) is 0.760. The summed E-state index contributed by atoms with van der Waals surface area (Å²) in [6, 6.07) is 0.